The minimum absolute atomic E-state index is 0.0310. The first-order valence-corrected chi connectivity index (χ1v) is 9.65. The highest BCUT2D eigenvalue weighted by molar-refractivity contribution is 5.91. The number of rotatable bonds is 5. The van der Waals surface area contributed by atoms with Gasteiger partial charge in [-0.05, 0) is 48.9 Å². The zero-order chi connectivity index (χ0) is 18.6. The van der Waals surface area contributed by atoms with Gasteiger partial charge in [-0.2, -0.15) is 0 Å². The maximum absolute atomic E-state index is 12.9. The molecule has 4 rings (SSSR count). The van der Waals surface area contributed by atoms with Gasteiger partial charge in [0.15, 0.2) is 5.58 Å². The fraction of sp³-hybridized carbons (Fsp3) is 0.304. The van der Waals surface area contributed by atoms with Crippen molar-refractivity contribution >= 4 is 23.1 Å². The molecular formula is C23H24N2O2. The summed E-state index contributed by atoms with van der Waals surface area (Å²) in [5, 5.41) is 0. The summed E-state index contributed by atoms with van der Waals surface area (Å²) in [6, 6.07) is 16.4. The SMILES string of the molecule is CCCN(C(=O)/C=C/c1nc2ccccc2o1)C1CCc2ccccc2C1. The molecule has 1 aromatic heterocycles. The van der Waals surface area contributed by atoms with Crippen LogP contribution >= 0.6 is 0 Å². The van der Waals surface area contributed by atoms with Crippen molar-refractivity contribution in [3.8, 4) is 0 Å². The Hall–Kier alpha value is -2.88. The summed E-state index contributed by atoms with van der Waals surface area (Å²) >= 11 is 0. The lowest BCUT2D eigenvalue weighted by Crippen LogP contribution is -2.43. The summed E-state index contributed by atoms with van der Waals surface area (Å²) in [5.41, 5.74) is 4.32. The van der Waals surface area contributed by atoms with Gasteiger partial charge in [0.2, 0.25) is 11.8 Å². The van der Waals surface area contributed by atoms with E-state index in [-0.39, 0.29) is 11.9 Å². The average molecular weight is 360 g/mol. The zero-order valence-electron chi connectivity index (χ0n) is 15.6. The third-order valence-electron chi connectivity index (χ3n) is 5.19. The maximum atomic E-state index is 12.9. The summed E-state index contributed by atoms with van der Waals surface area (Å²) in [5.74, 6) is 0.499. The van der Waals surface area contributed by atoms with Gasteiger partial charge in [-0.25, -0.2) is 4.98 Å². The molecule has 3 aromatic rings. The Morgan fingerprint density at radius 2 is 1.96 bits per heavy atom. The van der Waals surface area contributed by atoms with Crippen LogP contribution in [0.2, 0.25) is 0 Å². The lowest BCUT2D eigenvalue weighted by Gasteiger charge is -2.34. The van der Waals surface area contributed by atoms with Crippen LogP contribution in [0.4, 0.5) is 0 Å². The lowest BCUT2D eigenvalue weighted by molar-refractivity contribution is -0.128. The molecule has 0 radical (unpaired) electrons. The standard InChI is InChI=1S/C23H24N2O2/c1-2-15-25(19-12-11-17-7-3-4-8-18(17)16-19)23(26)14-13-22-24-20-9-5-6-10-21(20)27-22/h3-10,13-14,19H,2,11-12,15-16H2,1H3/b14-13+. The predicted molar refractivity (Wildman–Crippen MR) is 107 cm³/mol. The number of aromatic nitrogens is 1. The number of carbonyl (C=O) groups excluding carboxylic acids is 1. The summed E-state index contributed by atoms with van der Waals surface area (Å²) < 4.78 is 5.68. The third kappa shape index (κ3) is 3.80. The molecule has 1 aliphatic rings. The Bertz CT molecular complexity index is 940. The molecular weight excluding hydrogens is 336 g/mol. The Morgan fingerprint density at radius 3 is 2.78 bits per heavy atom. The monoisotopic (exact) mass is 360 g/mol. The smallest absolute Gasteiger partial charge is 0.247 e. The zero-order valence-corrected chi connectivity index (χ0v) is 15.6. The Balaban J connectivity index is 1.50. The van der Waals surface area contributed by atoms with E-state index in [9.17, 15) is 4.79 Å². The summed E-state index contributed by atoms with van der Waals surface area (Å²) in [6.45, 7) is 2.88. The van der Waals surface area contributed by atoms with Gasteiger partial charge >= 0.3 is 0 Å². The summed E-state index contributed by atoms with van der Waals surface area (Å²) in [6.07, 6.45) is 7.20. The molecule has 1 amide bonds. The molecule has 0 fully saturated rings. The van der Waals surface area contributed by atoms with Gasteiger partial charge in [-0.15, -0.1) is 0 Å². The van der Waals surface area contributed by atoms with Crippen molar-refractivity contribution in [1.82, 2.24) is 9.88 Å². The molecule has 0 saturated carbocycles. The quantitative estimate of drug-likeness (QED) is 0.623. The Labute approximate surface area is 159 Å². The molecule has 1 aliphatic carbocycles. The molecule has 0 aliphatic heterocycles. The fourth-order valence-electron chi connectivity index (χ4n) is 3.86. The molecule has 0 N–H and O–H groups in total. The summed E-state index contributed by atoms with van der Waals surface area (Å²) in [7, 11) is 0. The molecule has 0 spiro atoms. The van der Waals surface area contributed by atoms with Crippen molar-refractivity contribution in [1.29, 1.82) is 0 Å². The fourth-order valence-corrected chi connectivity index (χ4v) is 3.86. The number of benzene rings is 2. The number of aryl methyl sites for hydroxylation is 1. The maximum Gasteiger partial charge on any atom is 0.247 e. The minimum atomic E-state index is 0.0310. The second-order valence-electron chi connectivity index (χ2n) is 7.05. The highest BCUT2D eigenvalue weighted by atomic mass is 16.3. The van der Waals surface area contributed by atoms with Crippen molar-refractivity contribution in [2.24, 2.45) is 0 Å². The van der Waals surface area contributed by atoms with Crippen LogP contribution in [0.15, 0.2) is 59.0 Å². The van der Waals surface area contributed by atoms with E-state index in [1.807, 2.05) is 29.2 Å². The van der Waals surface area contributed by atoms with E-state index < -0.39 is 0 Å². The first kappa shape index (κ1) is 17.5. The normalized spacial score (nSPS) is 16.6. The third-order valence-corrected chi connectivity index (χ3v) is 5.19. The Morgan fingerprint density at radius 1 is 1.19 bits per heavy atom. The van der Waals surface area contributed by atoms with E-state index in [0.29, 0.717) is 5.89 Å². The van der Waals surface area contributed by atoms with E-state index in [0.717, 1.165) is 43.3 Å². The molecule has 1 heterocycles. The number of oxazole rings is 1. The number of hydrogen-bond donors (Lipinski definition) is 0. The van der Waals surface area contributed by atoms with Crippen molar-refractivity contribution in [2.75, 3.05) is 6.54 Å². The van der Waals surface area contributed by atoms with Gasteiger partial charge in [-0.3, -0.25) is 4.79 Å². The van der Waals surface area contributed by atoms with E-state index in [4.69, 9.17) is 4.42 Å². The molecule has 1 unspecified atom stereocenters. The second kappa shape index (κ2) is 7.78. The molecule has 0 bridgehead atoms. The van der Waals surface area contributed by atoms with Gasteiger partial charge in [-0.1, -0.05) is 43.3 Å². The number of nitrogens with zero attached hydrogens (tertiary/aromatic N) is 2. The van der Waals surface area contributed by atoms with Gasteiger partial charge in [0.05, 0.1) is 0 Å². The minimum Gasteiger partial charge on any atom is -0.437 e. The van der Waals surface area contributed by atoms with E-state index >= 15 is 0 Å². The van der Waals surface area contributed by atoms with Gasteiger partial charge in [0.25, 0.3) is 0 Å². The van der Waals surface area contributed by atoms with Crippen molar-refractivity contribution in [3.05, 3.63) is 71.6 Å². The van der Waals surface area contributed by atoms with Crippen LogP contribution in [-0.4, -0.2) is 28.4 Å². The van der Waals surface area contributed by atoms with Crippen LogP contribution in [0, 0.1) is 0 Å². The first-order chi connectivity index (χ1) is 13.2. The number of para-hydroxylation sites is 2. The molecule has 1 atom stereocenters. The topological polar surface area (TPSA) is 46.3 Å². The van der Waals surface area contributed by atoms with Crippen LogP contribution in [0.3, 0.4) is 0 Å². The molecule has 27 heavy (non-hydrogen) atoms. The predicted octanol–water partition coefficient (Wildman–Crippen LogP) is 4.64. The van der Waals surface area contributed by atoms with Crippen LogP contribution in [0.5, 0.6) is 0 Å². The van der Waals surface area contributed by atoms with Crippen molar-refractivity contribution in [3.63, 3.8) is 0 Å². The van der Waals surface area contributed by atoms with Crippen molar-refractivity contribution < 1.29 is 9.21 Å². The number of fused-ring (bicyclic) bond motifs is 2. The van der Waals surface area contributed by atoms with E-state index in [1.54, 1.807) is 12.2 Å². The molecule has 0 saturated heterocycles. The molecule has 2 aromatic carbocycles. The first-order valence-electron chi connectivity index (χ1n) is 9.65. The van der Waals surface area contributed by atoms with Crippen LogP contribution in [0.1, 0.15) is 36.8 Å². The highest BCUT2D eigenvalue weighted by Gasteiger charge is 2.26. The molecule has 138 valence electrons. The number of hydrogen-bond acceptors (Lipinski definition) is 3. The number of carbonyl (C=O) groups is 1. The van der Waals surface area contributed by atoms with Gasteiger partial charge in [0, 0.05) is 24.7 Å². The average Bonchev–Trinajstić information content (AvgIpc) is 3.13. The largest absolute Gasteiger partial charge is 0.437 e. The van der Waals surface area contributed by atoms with E-state index in [2.05, 4.69) is 36.2 Å². The lowest BCUT2D eigenvalue weighted by atomic mass is 9.87. The molecule has 4 nitrogen and oxygen atoms in total. The Kier molecular flexibility index (Phi) is 5.05. The van der Waals surface area contributed by atoms with Gasteiger partial charge in [0.1, 0.15) is 5.52 Å². The van der Waals surface area contributed by atoms with Gasteiger partial charge < -0.3 is 9.32 Å². The van der Waals surface area contributed by atoms with Crippen LogP contribution in [-0.2, 0) is 17.6 Å². The number of amides is 1. The summed E-state index contributed by atoms with van der Waals surface area (Å²) in [4.78, 5) is 19.3. The van der Waals surface area contributed by atoms with Crippen molar-refractivity contribution in [2.45, 2.75) is 38.6 Å². The second-order valence-corrected chi connectivity index (χ2v) is 7.05. The van der Waals surface area contributed by atoms with Crippen LogP contribution < -0.4 is 0 Å². The van der Waals surface area contributed by atoms with E-state index in [1.165, 1.54) is 11.1 Å². The molecule has 4 heteroatoms. The highest BCUT2D eigenvalue weighted by Crippen LogP contribution is 2.25. The van der Waals surface area contributed by atoms with Crippen LogP contribution in [0.25, 0.3) is 17.2 Å².